The van der Waals surface area contributed by atoms with E-state index in [9.17, 15) is 4.79 Å². The highest BCUT2D eigenvalue weighted by Crippen LogP contribution is 2.13. The molecule has 0 aromatic heterocycles. The van der Waals surface area contributed by atoms with Crippen LogP contribution < -0.4 is 0 Å². The van der Waals surface area contributed by atoms with Gasteiger partial charge in [-0.1, -0.05) is 28.1 Å². The van der Waals surface area contributed by atoms with Crippen molar-refractivity contribution in [1.29, 1.82) is 0 Å². The summed E-state index contributed by atoms with van der Waals surface area (Å²) < 4.78 is 16.1. The van der Waals surface area contributed by atoms with Crippen molar-refractivity contribution in [2.45, 2.75) is 6.61 Å². The smallest absolute Gasteiger partial charge is 0.377 e. The van der Waals surface area contributed by atoms with Crippen LogP contribution in [0.15, 0.2) is 40.8 Å². The van der Waals surface area contributed by atoms with Crippen LogP contribution in [0, 0.1) is 0 Å². The van der Waals surface area contributed by atoms with Crippen LogP contribution >= 0.6 is 15.9 Å². The molecule has 0 bridgehead atoms. The third-order valence-electron chi connectivity index (χ3n) is 2.11. The molecule has 1 aliphatic heterocycles. The van der Waals surface area contributed by atoms with Crippen LogP contribution in [-0.2, 0) is 25.6 Å². The van der Waals surface area contributed by atoms with E-state index in [1.54, 1.807) is 0 Å². The van der Waals surface area contributed by atoms with Gasteiger partial charge in [-0.05, 0) is 17.7 Å². The Balaban J connectivity index is 1.89. The molecule has 0 spiro atoms. The van der Waals surface area contributed by atoms with Gasteiger partial charge in [0.2, 0.25) is 5.76 Å². The molecular formula is C12H11BrO4. The summed E-state index contributed by atoms with van der Waals surface area (Å²) in [6.45, 7) is 1.04. The first kappa shape index (κ1) is 12.0. The zero-order valence-electron chi connectivity index (χ0n) is 9.02. The molecule has 0 aliphatic carbocycles. The first-order valence-corrected chi connectivity index (χ1v) is 5.91. The molecule has 0 N–H and O–H groups in total. The summed E-state index contributed by atoms with van der Waals surface area (Å²) in [5, 5.41) is 0. The van der Waals surface area contributed by atoms with E-state index in [2.05, 4.69) is 15.9 Å². The monoisotopic (exact) mass is 298 g/mol. The predicted octanol–water partition coefficient (Wildman–Crippen LogP) is 2.38. The maximum atomic E-state index is 11.5. The molecule has 1 aromatic rings. The molecule has 1 heterocycles. The van der Waals surface area contributed by atoms with E-state index < -0.39 is 5.97 Å². The van der Waals surface area contributed by atoms with Gasteiger partial charge >= 0.3 is 5.97 Å². The van der Waals surface area contributed by atoms with Crippen LogP contribution in [0.4, 0.5) is 0 Å². The van der Waals surface area contributed by atoms with Crippen LogP contribution in [0.2, 0.25) is 0 Å². The third kappa shape index (κ3) is 3.49. The Morgan fingerprint density at radius 3 is 3.00 bits per heavy atom. The van der Waals surface area contributed by atoms with E-state index in [1.165, 1.54) is 6.26 Å². The van der Waals surface area contributed by atoms with Gasteiger partial charge < -0.3 is 14.2 Å². The number of benzene rings is 1. The fourth-order valence-corrected chi connectivity index (χ4v) is 1.77. The summed E-state index contributed by atoms with van der Waals surface area (Å²) in [5.74, 6) is -0.393. The molecule has 5 heteroatoms. The van der Waals surface area contributed by atoms with Gasteiger partial charge in [0.05, 0.1) is 0 Å². The number of hydrogen-bond acceptors (Lipinski definition) is 4. The number of carbonyl (C=O) groups is 1. The zero-order valence-corrected chi connectivity index (χ0v) is 10.6. The SMILES string of the molecule is O=C(OCc1cccc(Br)c1)C1=COCCO1. The molecule has 0 atom stereocenters. The first-order chi connectivity index (χ1) is 8.25. The van der Waals surface area contributed by atoms with Gasteiger partial charge in [-0.3, -0.25) is 0 Å². The topological polar surface area (TPSA) is 44.8 Å². The van der Waals surface area contributed by atoms with E-state index in [1.807, 2.05) is 24.3 Å². The minimum atomic E-state index is -0.510. The summed E-state index contributed by atoms with van der Waals surface area (Å²) in [6, 6.07) is 7.56. The van der Waals surface area contributed by atoms with Crippen molar-refractivity contribution >= 4 is 21.9 Å². The Kier molecular flexibility index (Phi) is 4.03. The Labute approximate surface area is 107 Å². The second kappa shape index (κ2) is 5.72. The van der Waals surface area contributed by atoms with Crippen molar-refractivity contribution in [3.05, 3.63) is 46.3 Å². The quantitative estimate of drug-likeness (QED) is 0.804. The van der Waals surface area contributed by atoms with Gasteiger partial charge in [-0.2, -0.15) is 0 Å². The van der Waals surface area contributed by atoms with Crippen LogP contribution in [0.1, 0.15) is 5.56 Å². The Morgan fingerprint density at radius 1 is 1.41 bits per heavy atom. The molecule has 4 nitrogen and oxygen atoms in total. The number of esters is 1. The van der Waals surface area contributed by atoms with Crippen LogP contribution in [-0.4, -0.2) is 19.2 Å². The molecule has 0 saturated heterocycles. The van der Waals surface area contributed by atoms with Crippen molar-refractivity contribution in [3.8, 4) is 0 Å². The number of halogens is 1. The lowest BCUT2D eigenvalue weighted by molar-refractivity contribution is -0.145. The van der Waals surface area contributed by atoms with E-state index in [4.69, 9.17) is 14.2 Å². The molecule has 2 rings (SSSR count). The number of ether oxygens (including phenoxy) is 3. The lowest BCUT2D eigenvalue weighted by Gasteiger charge is -2.14. The van der Waals surface area contributed by atoms with E-state index in [-0.39, 0.29) is 12.4 Å². The Morgan fingerprint density at radius 2 is 2.29 bits per heavy atom. The van der Waals surface area contributed by atoms with Crippen molar-refractivity contribution in [2.75, 3.05) is 13.2 Å². The highest BCUT2D eigenvalue weighted by atomic mass is 79.9. The molecule has 1 aliphatic rings. The minimum Gasteiger partial charge on any atom is -0.493 e. The molecule has 17 heavy (non-hydrogen) atoms. The Hall–Kier alpha value is -1.49. The largest absolute Gasteiger partial charge is 0.493 e. The third-order valence-corrected chi connectivity index (χ3v) is 2.60. The van der Waals surface area contributed by atoms with E-state index in [0.29, 0.717) is 13.2 Å². The van der Waals surface area contributed by atoms with Gasteiger partial charge in [-0.15, -0.1) is 0 Å². The number of hydrogen-bond donors (Lipinski definition) is 0. The summed E-state index contributed by atoms with van der Waals surface area (Å²) in [5.41, 5.74) is 0.907. The maximum Gasteiger partial charge on any atom is 0.377 e. The molecule has 90 valence electrons. The molecule has 0 radical (unpaired) electrons. The van der Waals surface area contributed by atoms with Crippen molar-refractivity contribution in [3.63, 3.8) is 0 Å². The lowest BCUT2D eigenvalue weighted by atomic mass is 10.2. The second-order valence-corrected chi connectivity index (χ2v) is 4.32. The molecular weight excluding hydrogens is 288 g/mol. The fourth-order valence-electron chi connectivity index (χ4n) is 1.32. The summed E-state index contributed by atoms with van der Waals surface area (Å²) in [7, 11) is 0. The summed E-state index contributed by atoms with van der Waals surface area (Å²) >= 11 is 3.35. The summed E-state index contributed by atoms with van der Waals surface area (Å²) in [6.07, 6.45) is 1.28. The van der Waals surface area contributed by atoms with Gasteiger partial charge in [0.1, 0.15) is 26.1 Å². The zero-order chi connectivity index (χ0) is 12.1. The molecule has 0 amide bonds. The average Bonchev–Trinajstić information content (AvgIpc) is 2.37. The van der Waals surface area contributed by atoms with Crippen molar-refractivity contribution in [2.24, 2.45) is 0 Å². The van der Waals surface area contributed by atoms with Crippen molar-refractivity contribution in [1.82, 2.24) is 0 Å². The van der Waals surface area contributed by atoms with Gasteiger partial charge in [0.25, 0.3) is 0 Å². The molecule has 0 unspecified atom stereocenters. The first-order valence-electron chi connectivity index (χ1n) is 5.12. The highest BCUT2D eigenvalue weighted by Gasteiger charge is 2.16. The Bertz CT molecular complexity index is 442. The molecule has 0 saturated carbocycles. The number of rotatable bonds is 3. The van der Waals surface area contributed by atoms with Crippen molar-refractivity contribution < 1.29 is 19.0 Å². The fraction of sp³-hybridized carbons (Fsp3) is 0.250. The van der Waals surface area contributed by atoms with E-state index in [0.717, 1.165) is 10.0 Å². The van der Waals surface area contributed by atoms with E-state index >= 15 is 0 Å². The standard InChI is InChI=1S/C12H11BrO4/c13-10-3-1-2-9(6-10)7-17-12(14)11-8-15-4-5-16-11/h1-3,6,8H,4-5,7H2. The molecule has 0 fully saturated rings. The molecule has 1 aromatic carbocycles. The number of carbonyl (C=O) groups excluding carboxylic acids is 1. The van der Waals surface area contributed by atoms with Gasteiger partial charge in [0.15, 0.2) is 0 Å². The minimum absolute atomic E-state index is 0.117. The highest BCUT2D eigenvalue weighted by molar-refractivity contribution is 9.10. The lowest BCUT2D eigenvalue weighted by Crippen LogP contribution is -2.17. The second-order valence-electron chi connectivity index (χ2n) is 3.41. The van der Waals surface area contributed by atoms with Crippen LogP contribution in [0.5, 0.6) is 0 Å². The predicted molar refractivity (Wildman–Crippen MR) is 63.9 cm³/mol. The van der Waals surface area contributed by atoms with Crippen LogP contribution in [0.3, 0.4) is 0 Å². The van der Waals surface area contributed by atoms with Gasteiger partial charge in [-0.25, -0.2) is 4.79 Å². The summed E-state index contributed by atoms with van der Waals surface area (Å²) in [4.78, 5) is 11.5. The van der Waals surface area contributed by atoms with Gasteiger partial charge in [0, 0.05) is 4.47 Å². The van der Waals surface area contributed by atoms with Crippen LogP contribution in [0.25, 0.3) is 0 Å². The maximum absolute atomic E-state index is 11.5. The normalized spacial score (nSPS) is 14.3. The average molecular weight is 299 g/mol.